The molecular weight excluding hydrogens is 338 g/mol. The van der Waals surface area contributed by atoms with Gasteiger partial charge in [-0.1, -0.05) is 23.8 Å². The number of ether oxygens (including phenoxy) is 1. The van der Waals surface area contributed by atoms with Crippen molar-refractivity contribution >= 4 is 23.1 Å². The van der Waals surface area contributed by atoms with E-state index in [1.165, 1.54) is 5.56 Å². The zero-order chi connectivity index (χ0) is 19.4. The molecule has 0 unspecified atom stereocenters. The Labute approximate surface area is 159 Å². The average molecular weight is 361 g/mol. The van der Waals surface area contributed by atoms with Crippen LogP contribution in [0.25, 0.3) is 0 Å². The number of aryl methyl sites for hydroxylation is 3. The van der Waals surface area contributed by atoms with Crippen LogP contribution in [-0.4, -0.2) is 18.0 Å². The molecule has 2 N–H and O–H groups in total. The molecule has 5 nitrogen and oxygen atoms in total. The van der Waals surface area contributed by atoms with Crippen molar-refractivity contribution in [2.45, 2.75) is 20.8 Å². The summed E-state index contributed by atoms with van der Waals surface area (Å²) in [6.45, 7) is 6.06. The Morgan fingerprint density at radius 2 is 1.67 bits per heavy atom. The minimum atomic E-state index is -0.218. The minimum Gasteiger partial charge on any atom is -0.495 e. The minimum absolute atomic E-state index is 0.218. The molecule has 0 atom stereocenters. The van der Waals surface area contributed by atoms with Gasteiger partial charge in [-0.3, -0.25) is 4.79 Å². The Kier molecular flexibility index (Phi) is 5.41. The molecule has 3 rings (SSSR count). The quantitative estimate of drug-likeness (QED) is 0.670. The maximum atomic E-state index is 12.7. The summed E-state index contributed by atoms with van der Waals surface area (Å²) in [6, 6.07) is 15.2. The van der Waals surface area contributed by atoms with Crippen LogP contribution in [-0.2, 0) is 0 Å². The maximum Gasteiger partial charge on any atom is 0.255 e. The highest BCUT2D eigenvalue weighted by atomic mass is 16.5. The molecule has 0 aliphatic heterocycles. The Morgan fingerprint density at radius 1 is 0.926 bits per heavy atom. The van der Waals surface area contributed by atoms with Crippen molar-refractivity contribution in [2.75, 3.05) is 17.7 Å². The van der Waals surface area contributed by atoms with Gasteiger partial charge in [0.1, 0.15) is 11.6 Å². The van der Waals surface area contributed by atoms with E-state index >= 15 is 0 Å². The SMILES string of the molecule is COc1ccc(C)cc1NC(=O)c1ccnc(Nc2ccc(C)cc2C)c1. The van der Waals surface area contributed by atoms with Gasteiger partial charge < -0.3 is 15.4 Å². The van der Waals surface area contributed by atoms with Crippen molar-refractivity contribution in [1.82, 2.24) is 4.98 Å². The van der Waals surface area contributed by atoms with E-state index in [1.54, 1.807) is 25.4 Å². The molecule has 0 bridgehead atoms. The predicted octanol–water partition coefficient (Wildman–Crippen LogP) is 5.01. The molecule has 27 heavy (non-hydrogen) atoms. The third-order valence-corrected chi connectivity index (χ3v) is 4.27. The zero-order valence-corrected chi connectivity index (χ0v) is 16.0. The van der Waals surface area contributed by atoms with Crippen LogP contribution in [0.1, 0.15) is 27.0 Å². The largest absolute Gasteiger partial charge is 0.495 e. The van der Waals surface area contributed by atoms with Crippen molar-refractivity contribution in [3.8, 4) is 5.75 Å². The standard InChI is InChI=1S/C22H23N3O2/c1-14-5-7-18(16(3)11-14)24-21-13-17(9-10-23-21)22(26)25-19-12-15(2)6-8-20(19)27-4/h5-13H,1-4H3,(H,23,24)(H,25,26). The first-order chi connectivity index (χ1) is 13.0. The lowest BCUT2D eigenvalue weighted by Gasteiger charge is -2.12. The highest BCUT2D eigenvalue weighted by Gasteiger charge is 2.11. The zero-order valence-electron chi connectivity index (χ0n) is 16.0. The van der Waals surface area contributed by atoms with E-state index < -0.39 is 0 Å². The van der Waals surface area contributed by atoms with Crippen LogP contribution in [0.5, 0.6) is 5.75 Å². The number of hydrogen-bond donors (Lipinski definition) is 2. The lowest BCUT2D eigenvalue weighted by atomic mass is 10.1. The Balaban J connectivity index is 1.81. The first-order valence-corrected chi connectivity index (χ1v) is 8.72. The summed E-state index contributed by atoms with van der Waals surface area (Å²) in [6.07, 6.45) is 1.62. The van der Waals surface area contributed by atoms with Crippen molar-refractivity contribution < 1.29 is 9.53 Å². The second kappa shape index (κ2) is 7.91. The van der Waals surface area contributed by atoms with Crippen LogP contribution in [0.3, 0.4) is 0 Å². The lowest BCUT2D eigenvalue weighted by Crippen LogP contribution is -2.13. The van der Waals surface area contributed by atoms with E-state index in [-0.39, 0.29) is 5.91 Å². The number of nitrogens with one attached hydrogen (secondary N) is 2. The van der Waals surface area contributed by atoms with Crippen LogP contribution in [0.15, 0.2) is 54.7 Å². The number of carbonyl (C=O) groups is 1. The van der Waals surface area contributed by atoms with Gasteiger partial charge in [-0.15, -0.1) is 0 Å². The molecule has 1 heterocycles. The van der Waals surface area contributed by atoms with Crippen molar-refractivity contribution in [3.05, 3.63) is 77.0 Å². The summed E-state index contributed by atoms with van der Waals surface area (Å²) in [4.78, 5) is 17.0. The van der Waals surface area contributed by atoms with Gasteiger partial charge in [-0.25, -0.2) is 4.98 Å². The van der Waals surface area contributed by atoms with E-state index in [2.05, 4.69) is 28.6 Å². The van der Waals surface area contributed by atoms with Crippen molar-refractivity contribution in [3.63, 3.8) is 0 Å². The number of pyridine rings is 1. The highest BCUT2D eigenvalue weighted by molar-refractivity contribution is 6.05. The molecular formula is C22H23N3O2. The Hall–Kier alpha value is -3.34. The smallest absolute Gasteiger partial charge is 0.255 e. The van der Waals surface area contributed by atoms with Crippen molar-refractivity contribution in [2.24, 2.45) is 0 Å². The fourth-order valence-electron chi connectivity index (χ4n) is 2.85. The maximum absolute atomic E-state index is 12.7. The van der Waals surface area contributed by atoms with Gasteiger partial charge in [0.2, 0.25) is 0 Å². The third kappa shape index (κ3) is 4.44. The number of aromatic nitrogens is 1. The number of amides is 1. The third-order valence-electron chi connectivity index (χ3n) is 4.27. The Morgan fingerprint density at radius 3 is 2.41 bits per heavy atom. The van der Waals surface area contributed by atoms with E-state index in [0.717, 1.165) is 16.8 Å². The summed E-state index contributed by atoms with van der Waals surface area (Å²) in [5.74, 6) is 1.02. The summed E-state index contributed by atoms with van der Waals surface area (Å²) < 4.78 is 5.32. The lowest BCUT2D eigenvalue weighted by molar-refractivity contribution is 0.102. The van der Waals surface area contributed by atoms with E-state index in [1.807, 2.05) is 44.2 Å². The number of hydrogen-bond acceptors (Lipinski definition) is 4. The fraction of sp³-hybridized carbons (Fsp3) is 0.182. The average Bonchev–Trinajstić information content (AvgIpc) is 2.64. The second-order valence-corrected chi connectivity index (χ2v) is 6.53. The number of benzene rings is 2. The summed E-state index contributed by atoms with van der Waals surface area (Å²) >= 11 is 0. The number of rotatable bonds is 5. The first kappa shape index (κ1) is 18.5. The second-order valence-electron chi connectivity index (χ2n) is 6.53. The molecule has 0 aliphatic carbocycles. The molecule has 138 valence electrons. The van der Waals surface area contributed by atoms with Gasteiger partial charge in [-0.2, -0.15) is 0 Å². The summed E-state index contributed by atoms with van der Waals surface area (Å²) in [7, 11) is 1.58. The van der Waals surface area contributed by atoms with Crippen LogP contribution in [0.2, 0.25) is 0 Å². The molecule has 0 spiro atoms. The molecule has 5 heteroatoms. The number of nitrogens with zero attached hydrogens (tertiary/aromatic N) is 1. The first-order valence-electron chi connectivity index (χ1n) is 8.72. The van der Waals surface area contributed by atoms with Gasteiger partial charge in [-0.05, 0) is 62.2 Å². The van der Waals surface area contributed by atoms with E-state index in [4.69, 9.17) is 4.74 Å². The molecule has 1 aromatic heterocycles. The van der Waals surface area contributed by atoms with E-state index in [9.17, 15) is 4.79 Å². The summed E-state index contributed by atoms with van der Waals surface area (Å²) in [5.41, 5.74) is 5.48. The molecule has 1 amide bonds. The molecule has 3 aromatic rings. The monoisotopic (exact) mass is 361 g/mol. The predicted molar refractivity (Wildman–Crippen MR) is 109 cm³/mol. The van der Waals surface area contributed by atoms with Gasteiger partial charge in [0, 0.05) is 17.4 Å². The number of carbonyl (C=O) groups excluding carboxylic acids is 1. The van der Waals surface area contributed by atoms with Gasteiger partial charge in [0.25, 0.3) is 5.91 Å². The van der Waals surface area contributed by atoms with Crippen LogP contribution in [0, 0.1) is 20.8 Å². The van der Waals surface area contributed by atoms with Crippen molar-refractivity contribution in [1.29, 1.82) is 0 Å². The number of methoxy groups -OCH3 is 1. The topological polar surface area (TPSA) is 63.2 Å². The molecule has 0 fully saturated rings. The van der Waals surface area contributed by atoms with E-state index in [0.29, 0.717) is 22.8 Å². The highest BCUT2D eigenvalue weighted by Crippen LogP contribution is 2.26. The van der Waals surface area contributed by atoms with Crippen LogP contribution < -0.4 is 15.4 Å². The van der Waals surface area contributed by atoms with Crippen LogP contribution >= 0.6 is 0 Å². The molecule has 0 aliphatic rings. The fourth-order valence-corrected chi connectivity index (χ4v) is 2.85. The van der Waals surface area contributed by atoms with Gasteiger partial charge in [0.05, 0.1) is 12.8 Å². The van der Waals surface area contributed by atoms with Crippen LogP contribution in [0.4, 0.5) is 17.2 Å². The van der Waals surface area contributed by atoms with Gasteiger partial charge >= 0.3 is 0 Å². The normalized spacial score (nSPS) is 10.4. The molecule has 0 radical (unpaired) electrons. The molecule has 2 aromatic carbocycles. The summed E-state index contributed by atoms with van der Waals surface area (Å²) in [5, 5.41) is 6.18. The number of anilines is 3. The van der Waals surface area contributed by atoms with Gasteiger partial charge in [0.15, 0.2) is 0 Å². The molecule has 0 saturated heterocycles. The molecule has 0 saturated carbocycles. The Bertz CT molecular complexity index is 983.